The molecule has 0 radical (unpaired) electrons. The van der Waals surface area contributed by atoms with Crippen molar-refractivity contribution in [1.29, 1.82) is 0 Å². The smallest absolute Gasteiger partial charge is 0.335 e. The van der Waals surface area contributed by atoms with Crippen LogP contribution < -0.4 is 10.1 Å². The van der Waals surface area contributed by atoms with E-state index >= 15 is 0 Å². The van der Waals surface area contributed by atoms with E-state index in [1.807, 2.05) is 25.1 Å². The van der Waals surface area contributed by atoms with Crippen LogP contribution in [0.1, 0.15) is 40.4 Å². The van der Waals surface area contributed by atoms with E-state index in [1.165, 1.54) is 6.07 Å². The van der Waals surface area contributed by atoms with Gasteiger partial charge in [-0.2, -0.15) is 0 Å². The lowest BCUT2D eigenvalue weighted by atomic mass is 10.0. The largest absolute Gasteiger partial charge is 0.494 e. The Morgan fingerprint density at radius 1 is 1.12 bits per heavy atom. The summed E-state index contributed by atoms with van der Waals surface area (Å²) in [4.78, 5) is 23.3. The van der Waals surface area contributed by atoms with Gasteiger partial charge in [-0.3, -0.25) is 4.79 Å². The number of hydrogen-bond acceptors (Lipinski definition) is 3. The van der Waals surface area contributed by atoms with Crippen molar-refractivity contribution in [3.63, 3.8) is 0 Å². The standard InChI is InChI=1S/C20H23NO4/c1-3-10-25-17-9-8-16(14(2)11-17)13-21-19(22)12-15-6-4-5-7-18(15)20(23)24/h4-9,11H,3,10,12-13H2,1-2H3,(H,21,22)(H,23,24). The number of hydrogen-bond donors (Lipinski definition) is 2. The van der Waals surface area contributed by atoms with Gasteiger partial charge in [0.1, 0.15) is 5.75 Å². The van der Waals surface area contributed by atoms with Crippen LogP contribution in [0.5, 0.6) is 5.75 Å². The van der Waals surface area contributed by atoms with Crippen LogP contribution in [0.4, 0.5) is 0 Å². The first kappa shape index (κ1) is 18.5. The second kappa shape index (κ2) is 8.87. The van der Waals surface area contributed by atoms with Crippen LogP contribution in [0.25, 0.3) is 0 Å². The molecular formula is C20H23NO4. The SMILES string of the molecule is CCCOc1ccc(CNC(=O)Cc2ccccc2C(=O)O)c(C)c1. The summed E-state index contributed by atoms with van der Waals surface area (Å²) in [5.41, 5.74) is 2.71. The van der Waals surface area contributed by atoms with Gasteiger partial charge >= 0.3 is 5.97 Å². The number of aryl methyl sites for hydroxylation is 1. The molecule has 5 heteroatoms. The highest BCUT2D eigenvalue weighted by atomic mass is 16.5. The molecule has 0 aliphatic rings. The molecule has 0 aliphatic carbocycles. The highest BCUT2D eigenvalue weighted by Crippen LogP contribution is 2.17. The zero-order valence-corrected chi connectivity index (χ0v) is 14.5. The Morgan fingerprint density at radius 2 is 1.88 bits per heavy atom. The molecule has 0 unspecified atom stereocenters. The molecule has 0 saturated carbocycles. The Balaban J connectivity index is 1.95. The van der Waals surface area contributed by atoms with Gasteiger partial charge in [0.05, 0.1) is 18.6 Å². The van der Waals surface area contributed by atoms with Crippen molar-refractivity contribution < 1.29 is 19.4 Å². The van der Waals surface area contributed by atoms with Crippen molar-refractivity contribution in [1.82, 2.24) is 5.32 Å². The molecule has 0 fully saturated rings. The predicted molar refractivity (Wildman–Crippen MR) is 95.9 cm³/mol. The topological polar surface area (TPSA) is 75.6 Å². The van der Waals surface area contributed by atoms with Crippen LogP contribution >= 0.6 is 0 Å². The molecule has 0 heterocycles. The molecule has 2 rings (SSSR count). The fourth-order valence-electron chi connectivity index (χ4n) is 2.49. The summed E-state index contributed by atoms with van der Waals surface area (Å²) in [6.07, 6.45) is 0.994. The minimum atomic E-state index is -1.03. The van der Waals surface area contributed by atoms with Crippen molar-refractivity contribution in [2.24, 2.45) is 0 Å². The minimum absolute atomic E-state index is 0.0409. The molecule has 0 aromatic heterocycles. The number of aromatic carboxylic acids is 1. The molecule has 2 aromatic carbocycles. The lowest BCUT2D eigenvalue weighted by Crippen LogP contribution is -2.25. The zero-order chi connectivity index (χ0) is 18.2. The summed E-state index contributed by atoms with van der Waals surface area (Å²) in [6, 6.07) is 12.3. The van der Waals surface area contributed by atoms with E-state index < -0.39 is 5.97 Å². The Kier molecular flexibility index (Phi) is 6.57. The maximum atomic E-state index is 12.2. The highest BCUT2D eigenvalue weighted by Gasteiger charge is 2.12. The number of amides is 1. The monoisotopic (exact) mass is 341 g/mol. The molecular weight excluding hydrogens is 318 g/mol. The average molecular weight is 341 g/mol. The molecule has 132 valence electrons. The van der Waals surface area contributed by atoms with Gasteiger partial charge in [-0.25, -0.2) is 4.79 Å². The second-order valence-corrected chi connectivity index (χ2v) is 5.85. The lowest BCUT2D eigenvalue weighted by Gasteiger charge is -2.11. The van der Waals surface area contributed by atoms with Crippen molar-refractivity contribution in [3.05, 3.63) is 64.7 Å². The average Bonchev–Trinajstić information content (AvgIpc) is 2.59. The van der Waals surface area contributed by atoms with Crippen molar-refractivity contribution in [2.75, 3.05) is 6.61 Å². The molecule has 2 aromatic rings. The first-order valence-electron chi connectivity index (χ1n) is 8.31. The van der Waals surface area contributed by atoms with Crippen LogP contribution in [0.3, 0.4) is 0 Å². The molecule has 0 saturated heterocycles. The van der Waals surface area contributed by atoms with Crippen LogP contribution in [-0.4, -0.2) is 23.6 Å². The fourth-order valence-corrected chi connectivity index (χ4v) is 2.49. The van der Waals surface area contributed by atoms with Crippen LogP contribution in [0.2, 0.25) is 0 Å². The fraction of sp³-hybridized carbons (Fsp3) is 0.300. The van der Waals surface area contributed by atoms with E-state index in [0.717, 1.165) is 23.3 Å². The summed E-state index contributed by atoms with van der Waals surface area (Å²) in [7, 11) is 0. The molecule has 1 amide bonds. The number of nitrogens with one attached hydrogen (secondary N) is 1. The summed E-state index contributed by atoms with van der Waals surface area (Å²) in [6.45, 7) is 5.10. The Labute approximate surface area is 147 Å². The second-order valence-electron chi connectivity index (χ2n) is 5.85. The number of rotatable bonds is 8. The molecule has 0 spiro atoms. The van der Waals surface area contributed by atoms with E-state index in [2.05, 4.69) is 12.2 Å². The van der Waals surface area contributed by atoms with Crippen molar-refractivity contribution in [2.45, 2.75) is 33.2 Å². The number of carboxylic acid groups (broad SMARTS) is 1. The van der Waals surface area contributed by atoms with Gasteiger partial charge in [-0.15, -0.1) is 0 Å². The summed E-state index contributed by atoms with van der Waals surface area (Å²) in [5.74, 6) is -0.411. The maximum absolute atomic E-state index is 12.2. The third-order valence-corrected chi connectivity index (χ3v) is 3.86. The Morgan fingerprint density at radius 3 is 2.56 bits per heavy atom. The normalized spacial score (nSPS) is 10.3. The van der Waals surface area contributed by atoms with Gasteiger partial charge in [0.15, 0.2) is 0 Å². The van der Waals surface area contributed by atoms with Crippen LogP contribution in [-0.2, 0) is 17.8 Å². The molecule has 5 nitrogen and oxygen atoms in total. The summed E-state index contributed by atoms with van der Waals surface area (Å²) >= 11 is 0. The molecule has 0 aliphatic heterocycles. The van der Waals surface area contributed by atoms with E-state index in [0.29, 0.717) is 18.7 Å². The number of carbonyl (C=O) groups excluding carboxylic acids is 1. The van der Waals surface area contributed by atoms with Crippen LogP contribution in [0, 0.1) is 6.92 Å². The molecule has 0 atom stereocenters. The van der Waals surface area contributed by atoms with Gasteiger partial charge in [0.2, 0.25) is 5.91 Å². The lowest BCUT2D eigenvalue weighted by molar-refractivity contribution is -0.120. The van der Waals surface area contributed by atoms with E-state index in [4.69, 9.17) is 9.84 Å². The summed E-state index contributed by atoms with van der Waals surface area (Å²) < 4.78 is 5.59. The number of carboxylic acids is 1. The maximum Gasteiger partial charge on any atom is 0.335 e. The third-order valence-electron chi connectivity index (χ3n) is 3.86. The van der Waals surface area contributed by atoms with Gasteiger partial charge in [0, 0.05) is 6.54 Å². The minimum Gasteiger partial charge on any atom is -0.494 e. The number of carbonyl (C=O) groups is 2. The molecule has 2 N–H and O–H groups in total. The third kappa shape index (κ3) is 5.35. The summed E-state index contributed by atoms with van der Waals surface area (Å²) in [5, 5.41) is 12.0. The van der Waals surface area contributed by atoms with E-state index in [9.17, 15) is 9.59 Å². The van der Waals surface area contributed by atoms with Gasteiger partial charge in [-0.05, 0) is 48.2 Å². The van der Waals surface area contributed by atoms with E-state index in [1.54, 1.807) is 18.2 Å². The molecule has 0 bridgehead atoms. The van der Waals surface area contributed by atoms with Gasteiger partial charge < -0.3 is 15.2 Å². The van der Waals surface area contributed by atoms with Crippen LogP contribution in [0.15, 0.2) is 42.5 Å². The zero-order valence-electron chi connectivity index (χ0n) is 14.5. The van der Waals surface area contributed by atoms with Crippen molar-refractivity contribution in [3.8, 4) is 5.75 Å². The first-order chi connectivity index (χ1) is 12.0. The van der Waals surface area contributed by atoms with Gasteiger partial charge in [-0.1, -0.05) is 31.2 Å². The van der Waals surface area contributed by atoms with Crippen molar-refractivity contribution >= 4 is 11.9 Å². The highest BCUT2D eigenvalue weighted by molar-refractivity contribution is 5.91. The first-order valence-corrected chi connectivity index (χ1v) is 8.31. The molecule has 25 heavy (non-hydrogen) atoms. The predicted octanol–water partition coefficient (Wildman–Crippen LogP) is 3.34. The number of ether oxygens (including phenoxy) is 1. The number of benzene rings is 2. The Bertz CT molecular complexity index is 755. The Hall–Kier alpha value is -2.82. The quantitative estimate of drug-likeness (QED) is 0.772. The van der Waals surface area contributed by atoms with Gasteiger partial charge in [0.25, 0.3) is 0 Å². The van der Waals surface area contributed by atoms with E-state index in [-0.39, 0.29) is 17.9 Å².